The second kappa shape index (κ2) is 7.16. The second-order valence-corrected chi connectivity index (χ2v) is 7.78. The summed E-state index contributed by atoms with van der Waals surface area (Å²) in [6.07, 6.45) is 7.95. The molecule has 0 bridgehead atoms. The number of ether oxygens (including phenoxy) is 2. The predicted molar refractivity (Wildman–Crippen MR) is 106 cm³/mol. The van der Waals surface area contributed by atoms with Crippen LogP contribution in [0.1, 0.15) is 43.1 Å². The number of hydrogen-bond acceptors (Lipinski definition) is 7. The summed E-state index contributed by atoms with van der Waals surface area (Å²) >= 11 is 0. The van der Waals surface area contributed by atoms with Gasteiger partial charge in [0.05, 0.1) is 32.0 Å². The molecule has 0 aromatic carbocycles. The molecule has 2 aromatic rings. The first-order chi connectivity index (χ1) is 13.7. The van der Waals surface area contributed by atoms with E-state index in [4.69, 9.17) is 14.5 Å². The fourth-order valence-corrected chi connectivity index (χ4v) is 4.04. The molecule has 8 heteroatoms. The molecule has 2 aromatic heterocycles. The molecule has 0 radical (unpaired) electrons. The van der Waals surface area contributed by atoms with Gasteiger partial charge in [-0.25, -0.2) is 14.5 Å². The predicted octanol–water partition coefficient (Wildman–Crippen LogP) is 2.28. The van der Waals surface area contributed by atoms with Crippen molar-refractivity contribution in [3.63, 3.8) is 0 Å². The minimum Gasteiger partial charge on any atom is -0.499 e. The van der Waals surface area contributed by atoms with Crippen LogP contribution in [0.3, 0.4) is 0 Å². The summed E-state index contributed by atoms with van der Waals surface area (Å²) in [7, 11) is 1.74. The van der Waals surface area contributed by atoms with Crippen molar-refractivity contribution >= 4 is 17.5 Å². The number of rotatable bonds is 5. The highest BCUT2D eigenvalue weighted by atomic mass is 16.5. The van der Waals surface area contributed by atoms with Gasteiger partial charge in [-0.05, 0) is 32.6 Å². The molecular formula is C20H26N6O2. The third kappa shape index (κ3) is 3.15. The molecule has 2 fully saturated rings. The largest absolute Gasteiger partial charge is 0.499 e. The fraction of sp³-hybridized carbons (Fsp3) is 0.600. The Kier molecular flexibility index (Phi) is 4.50. The van der Waals surface area contributed by atoms with E-state index in [0.717, 1.165) is 54.6 Å². The van der Waals surface area contributed by atoms with Crippen molar-refractivity contribution in [3.8, 4) is 0 Å². The smallest absolute Gasteiger partial charge is 0.158 e. The lowest BCUT2D eigenvalue weighted by Gasteiger charge is -2.30. The monoisotopic (exact) mass is 382 g/mol. The van der Waals surface area contributed by atoms with Gasteiger partial charge in [-0.15, -0.1) is 0 Å². The molecule has 2 aliphatic heterocycles. The number of aryl methyl sites for hydroxylation is 1. The lowest BCUT2D eigenvalue weighted by molar-refractivity contribution is 0.193. The Morgan fingerprint density at radius 3 is 2.96 bits per heavy atom. The van der Waals surface area contributed by atoms with Crippen molar-refractivity contribution in [1.29, 1.82) is 0 Å². The molecule has 1 saturated carbocycles. The molecular weight excluding hydrogens is 356 g/mol. The van der Waals surface area contributed by atoms with Gasteiger partial charge in [0.15, 0.2) is 5.82 Å². The Hall–Kier alpha value is -2.48. The van der Waals surface area contributed by atoms with Gasteiger partial charge in [0.2, 0.25) is 0 Å². The van der Waals surface area contributed by atoms with Gasteiger partial charge in [-0.3, -0.25) is 4.99 Å². The van der Waals surface area contributed by atoms with E-state index < -0.39 is 0 Å². The summed E-state index contributed by atoms with van der Waals surface area (Å²) in [4.78, 5) is 16.4. The van der Waals surface area contributed by atoms with Crippen LogP contribution in [-0.2, 0) is 9.47 Å². The Morgan fingerprint density at radius 2 is 2.21 bits per heavy atom. The van der Waals surface area contributed by atoms with Crippen LogP contribution in [-0.4, -0.2) is 65.3 Å². The topological polar surface area (TPSA) is 77.1 Å². The van der Waals surface area contributed by atoms with E-state index in [1.54, 1.807) is 13.4 Å². The minimum absolute atomic E-state index is 0.303. The molecule has 4 heterocycles. The highest BCUT2D eigenvalue weighted by molar-refractivity contribution is 5.81. The molecule has 0 amide bonds. The molecule has 3 aliphatic rings. The van der Waals surface area contributed by atoms with Crippen LogP contribution in [0.25, 0.3) is 5.52 Å². The first-order valence-electron chi connectivity index (χ1n) is 10.1. The van der Waals surface area contributed by atoms with E-state index >= 15 is 0 Å². The SMILES string of the molecule is COC1=C(C=NC2CC2)CCN(c2ncnn3c(C)nc([C@@H]4CCOC4)c23)C1. The number of hydrogen-bond donors (Lipinski definition) is 0. The normalized spacial score (nSPS) is 23.4. The highest BCUT2D eigenvalue weighted by Gasteiger charge is 2.29. The third-order valence-electron chi connectivity index (χ3n) is 5.80. The van der Waals surface area contributed by atoms with Crippen LogP contribution in [0.4, 0.5) is 5.82 Å². The van der Waals surface area contributed by atoms with Crippen molar-refractivity contribution in [2.45, 2.75) is 44.6 Å². The fourth-order valence-electron chi connectivity index (χ4n) is 4.04. The van der Waals surface area contributed by atoms with E-state index in [-0.39, 0.29) is 0 Å². The van der Waals surface area contributed by atoms with Crippen molar-refractivity contribution in [3.05, 3.63) is 29.2 Å². The van der Waals surface area contributed by atoms with Crippen molar-refractivity contribution in [2.24, 2.45) is 4.99 Å². The van der Waals surface area contributed by atoms with Crippen LogP contribution in [0, 0.1) is 6.92 Å². The molecule has 5 rings (SSSR count). The first kappa shape index (κ1) is 17.6. The van der Waals surface area contributed by atoms with E-state index in [1.807, 2.05) is 17.7 Å². The molecule has 1 aliphatic carbocycles. The maximum absolute atomic E-state index is 5.72. The summed E-state index contributed by atoms with van der Waals surface area (Å²) < 4.78 is 13.2. The number of methoxy groups -OCH3 is 1. The molecule has 0 unspecified atom stereocenters. The van der Waals surface area contributed by atoms with Crippen molar-refractivity contribution < 1.29 is 9.47 Å². The lowest BCUT2D eigenvalue weighted by atomic mass is 10.0. The van der Waals surface area contributed by atoms with Gasteiger partial charge in [0.1, 0.15) is 23.4 Å². The second-order valence-electron chi connectivity index (χ2n) is 7.78. The number of aromatic nitrogens is 4. The molecule has 1 atom stereocenters. The standard InChI is InChI=1S/C20H26N6O2/c1-13-24-18(15-6-8-28-11-15)19-20(22-12-23-26(13)19)25-7-5-14(17(10-25)27-2)9-21-16-3-4-16/h9,12,15-16H,3-8,10-11H2,1-2H3/t15-/m1/s1. The Balaban J connectivity index is 1.51. The van der Waals surface area contributed by atoms with Gasteiger partial charge >= 0.3 is 0 Å². The molecule has 0 N–H and O–H groups in total. The van der Waals surface area contributed by atoms with Gasteiger partial charge in [0, 0.05) is 30.9 Å². The zero-order chi connectivity index (χ0) is 19.1. The molecule has 148 valence electrons. The zero-order valence-electron chi connectivity index (χ0n) is 16.5. The van der Waals surface area contributed by atoms with Crippen molar-refractivity contribution in [1.82, 2.24) is 19.6 Å². The Bertz CT molecular complexity index is 940. The number of imidazole rings is 1. The summed E-state index contributed by atoms with van der Waals surface area (Å²) in [5, 5.41) is 4.45. The van der Waals surface area contributed by atoms with Gasteiger partial charge in [-0.2, -0.15) is 5.10 Å². The number of fused-ring (bicyclic) bond motifs is 1. The van der Waals surface area contributed by atoms with Gasteiger partial charge in [0.25, 0.3) is 0 Å². The Labute approximate surface area is 164 Å². The van der Waals surface area contributed by atoms with E-state index in [0.29, 0.717) is 25.1 Å². The zero-order valence-corrected chi connectivity index (χ0v) is 16.5. The van der Waals surface area contributed by atoms with Crippen LogP contribution in [0.5, 0.6) is 0 Å². The lowest BCUT2D eigenvalue weighted by Crippen LogP contribution is -2.34. The van der Waals surface area contributed by atoms with Crippen LogP contribution < -0.4 is 4.90 Å². The highest BCUT2D eigenvalue weighted by Crippen LogP contribution is 2.34. The number of aliphatic imine (C=N–C) groups is 1. The van der Waals surface area contributed by atoms with E-state index in [2.05, 4.69) is 20.0 Å². The first-order valence-corrected chi connectivity index (χ1v) is 10.1. The number of anilines is 1. The molecule has 28 heavy (non-hydrogen) atoms. The maximum Gasteiger partial charge on any atom is 0.158 e. The molecule has 1 saturated heterocycles. The summed E-state index contributed by atoms with van der Waals surface area (Å²) in [6, 6.07) is 0.524. The van der Waals surface area contributed by atoms with Crippen LogP contribution >= 0.6 is 0 Å². The summed E-state index contributed by atoms with van der Waals surface area (Å²) in [5.74, 6) is 3.08. The summed E-state index contributed by atoms with van der Waals surface area (Å²) in [6.45, 7) is 5.05. The minimum atomic E-state index is 0.303. The molecule has 8 nitrogen and oxygen atoms in total. The third-order valence-corrected chi connectivity index (χ3v) is 5.80. The quantitative estimate of drug-likeness (QED) is 0.739. The average Bonchev–Trinajstić information content (AvgIpc) is 3.27. The maximum atomic E-state index is 5.72. The van der Waals surface area contributed by atoms with Crippen molar-refractivity contribution in [2.75, 3.05) is 38.3 Å². The Morgan fingerprint density at radius 1 is 1.32 bits per heavy atom. The van der Waals surface area contributed by atoms with E-state index in [9.17, 15) is 0 Å². The van der Waals surface area contributed by atoms with Crippen LogP contribution in [0.15, 0.2) is 22.7 Å². The van der Waals surface area contributed by atoms with Gasteiger partial charge in [-0.1, -0.05) is 0 Å². The molecule has 0 spiro atoms. The number of nitrogens with zero attached hydrogens (tertiary/aromatic N) is 6. The van der Waals surface area contributed by atoms with E-state index in [1.165, 1.54) is 18.4 Å². The van der Waals surface area contributed by atoms with Crippen LogP contribution in [0.2, 0.25) is 0 Å². The average molecular weight is 382 g/mol. The summed E-state index contributed by atoms with van der Waals surface area (Å²) in [5.41, 5.74) is 3.25. The van der Waals surface area contributed by atoms with Gasteiger partial charge < -0.3 is 14.4 Å².